The molecule has 0 saturated carbocycles. The molecule has 2 aromatic rings. The molecular formula is C18H18N2O2. The molecule has 1 fully saturated rings. The highest BCUT2D eigenvalue weighted by molar-refractivity contribution is 6.07. The van der Waals surface area contributed by atoms with Gasteiger partial charge in [0, 0.05) is 17.8 Å². The standard InChI is InChI=1S/C18H18N2O2/c1-13-7-5-6-10-15(13)19-18(22)16-11-12-17(21)20(16)14-8-3-2-4-9-14/h2-10,16H,11-12H2,1H3,(H,19,22). The van der Waals surface area contributed by atoms with Crippen molar-refractivity contribution in [2.75, 3.05) is 10.2 Å². The van der Waals surface area contributed by atoms with E-state index in [-0.39, 0.29) is 11.8 Å². The molecule has 4 nitrogen and oxygen atoms in total. The molecular weight excluding hydrogens is 276 g/mol. The number of rotatable bonds is 3. The Labute approximate surface area is 129 Å². The van der Waals surface area contributed by atoms with Crippen LogP contribution in [0.4, 0.5) is 11.4 Å². The molecule has 1 aliphatic rings. The normalized spacial score (nSPS) is 17.6. The summed E-state index contributed by atoms with van der Waals surface area (Å²) in [5.41, 5.74) is 2.57. The average molecular weight is 294 g/mol. The van der Waals surface area contributed by atoms with Crippen molar-refractivity contribution in [3.8, 4) is 0 Å². The fourth-order valence-corrected chi connectivity index (χ4v) is 2.77. The first-order valence-electron chi connectivity index (χ1n) is 7.40. The van der Waals surface area contributed by atoms with Gasteiger partial charge >= 0.3 is 0 Å². The zero-order valence-corrected chi connectivity index (χ0v) is 12.5. The summed E-state index contributed by atoms with van der Waals surface area (Å²) < 4.78 is 0. The fraction of sp³-hybridized carbons (Fsp3) is 0.222. The van der Waals surface area contributed by atoms with E-state index in [1.807, 2.05) is 61.5 Å². The van der Waals surface area contributed by atoms with Crippen molar-refractivity contribution < 1.29 is 9.59 Å². The van der Waals surface area contributed by atoms with E-state index in [2.05, 4.69) is 5.32 Å². The molecule has 1 aliphatic heterocycles. The molecule has 0 bridgehead atoms. The molecule has 1 N–H and O–H groups in total. The Bertz CT molecular complexity index is 697. The molecule has 1 saturated heterocycles. The van der Waals surface area contributed by atoms with Gasteiger partial charge in [0.1, 0.15) is 6.04 Å². The van der Waals surface area contributed by atoms with Crippen molar-refractivity contribution in [1.29, 1.82) is 0 Å². The van der Waals surface area contributed by atoms with Crippen molar-refractivity contribution in [2.24, 2.45) is 0 Å². The molecule has 22 heavy (non-hydrogen) atoms. The second kappa shape index (κ2) is 6.02. The van der Waals surface area contributed by atoms with Crippen LogP contribution in [0.2, 0.25) is 0 Å². The maximum atomic E-state index is 12.6. The predicted octanol–water partition coefficient (Wildman–Crippen LogP) is 3.13. The molecule has 0 spiro atoms. The summed E-state index contributed by atoms with van der Waals surface area (Å²) in [6, 6.07) is 16.5. The maximum absolute atomic E-state index is 12.6. The van der Waals surface area contributed by atoms with Gasteiger partial charge in [-0.2, -0.15) is 0 Å². The minimum absolute atomic E-state index is 0.00358. The summed E-state index contributed by atoms with van der Waals surface area (Å²) in [7, 11) is 0. The number of nitrogens with zero attached hydrogens (tertiary/aromatic N) is 1. The van der Waals surface area contributed by atoms with Crippen LogP contribution < -0.4 is 10.2 Å². The van der Waals surface area contributed by atoms with E-state index < -0.39 is 6.04 Å². The number of hydrogen-bond acceptors (Lipinski definition) is 2. The summed E-state index contributed by atoms with van der Waals surface area (Å²) in [4.78, 5) is 26.4. The Morgan fingerprint density at radius 2 is 1.77 bits per heavy atom. The van der Waals surface area contributed by atoms with Crippen molar-refractivity contribution in [2.45, 2.75) is 25.8 Å². The topological polar surface area (TPSA) is 49.4 Å². The summed E-state index contributed by atoms with van der Waals surface area (Å²) in [6.07, 6.45) is 0.951. The molecule has 0 aliphatic carbocycles. The van der Waals surface area contributed by atoms with Crippen LogP contribution in [0, 0.1) is 6.92 Å². The number of carbonyl (C=O) groups excluding carboxylic acids is 2. The predicted molar refractivity (Wildman–Crippen MR) is 86.8 cm³/mol. The Kier molecular flexibility index (Phi) is 3.92. The lowest BCUT2D eigenvalue weighted by molar-refractivity contribution is -0.120. The summed E-state index contributed by atoms with van der Waals surface area (Å²) in [6.45, 7) is 1.95. The van der Waals surface area contributed by atoms with Crippen LogP contribution in [-0.2, 0) is 9.59 Å². The molecule has 1 heterocycles. The van der Waals surface area contributed by atoms with Crippen LogP contribution in [0.15, 0.2) is 54.6 Å². The highest BCUT2D eigenvalue weighted by Gasteiger charge is 2.37. The second-order valence-corrected chi connectivity index (χ2v) is 5.46. The third-order valence-electron chi connectivity index (χ3n) is 3.95. The van der Waals surface area contributed by atoms with E-state index in [0.29, 0.717) is 12.8 Å². The third-order valence-corrected chi connectivity index (χ3v) is 3.95. The lowest BCUT2D eigenvalue weighted by Gasteiger charge is -2.24. The van der Waals surface area contributed by atoms with Crippen LogP contribution in [0.5, 0.6) is 0 Å². The van der Waals surface area contributed by atoms with Crippen LogP contribution in [0.1, 0.15) is 18.4 Å². The minimum Gasteiger partial charge on any atom is -0.324 e. The number of carbonyl (C=O) groups is 2. The Morgan fingerprint density at radius 3 is 2.50 bits per heavy atom. The number of nitrogens with one attached hydrogen (secondary N) is 1. The van der Waals surface area contributed by atoms with Crippen LogP contribution in [0.25, 0.3) is 0 Å². The van der Waals surface area contributed by atoms with Gasteiger partial charge in [0.25, 0.3) is 0 Å². The largest absolute Gasteiger partial charge is 0.324 e. The molecule has 2 amide bonds. The SMILES string of the molecule is Cc1ccccc1NC(=O)C1CCC(=O)N1c1ccccc1. The smallest absolute Gasteiger partial charge is 0.247 e. The number of anilines is 2. The zero-order chi connectivity index (χ0) is 15.5. The Balaban J connectivity index is 1.82. The maximum Gasteiger partial charge on any atom is 0.247 e. The molecule has 0 aromatic heterocycles. The fourth-order valence-electron chi connectivity index (χ4n) is 2.77. The number of benzene rings is 2. The number of hydrogen-bond donors (Lipinski definition) is 1. The average Bonchev–Trinajstić information content (AvgIpc) is 2.92. The van der Waals surface area contributed by atoms with E-state index in [1.54, 1.807) is 4.90 Å². The van der Waals surface area contributed by atoms with E-state index in [4.69, 9.17) is 0 Å². The van der Waals surface area contributed by atoms with E-state index in [1.165, 1.54) is 0 Å². The van der Waals surface area contributed by atoms with Crippen molar-refractivity contribution in [3.05, 3.63) is 60.2 Å². The van der Waals surface area contributed by atoms with Gasteiger partial charge in [0.15, 0.2) is 0 Å². The Hall–Kier alpha value is -2.62. The number of aryl methyl sites for hydroxylation is 1. The van der Waals surface area contributed by atoms with Crippen molar-refractivity contribution in [3.63, 3.8) is 0 Å². The molecule has 1 unspecified atom stereocenters. The van der Waals surface area contributed by atoms with Gasteiger partial charge in [-0.25, -0.2) is 0 Å². The summed E-state index contributed by atoms with van der Waals surface area (Å²) in [5.74, 6) is -0.139. The summed E-state index contributed by atoms with van der Waals surface area (Å²) in [5, 5.41) is 2.94. The molecule has 112 valence electrons. The monoisotopic (exact) mass is 294 g/mol. The lowest BCUT2D eigenvalue weighted by Crippen LogP contribution is -2.41. The van der Waals surface area contributed by atoms with Gasteiger partial charge < -0.3 is 5.32 Å². The van der Waals surface area contributed by atoms with Gasteiger partial charge in [-0.1, -0.05) is 36.4 Å². The molecule has 1 atom stereocenters. The highest BCUT2D eigenvalue weighted by Crippen LogP contribution is 2.27. The molecule has 0 radical (unpaired) electrons. The molecule has 4 heteroatoms. The van der Waals surface area contributed by atoms with Crippen LogP contribution in [0.3, 0.4) is 0 Å². The first kappa shape index (κ1) is 14.3. The van der Waals surface area contributed by atoms with Crippen molar-refractivity contribution >= 4 is 23.2 Å². The number of para-hydroxylation sites is 2. The van der Waals surface area contributed by atoms with E-state index in [9.17, 15) is 9.59 Å². The number of amides is 2. The van der Waals surface area contributed by atoms with Gasteiger partial charge in [0.05, 0.1) is 0 Å². The van der Waals surface area contributed by atoms with Gasteiger partial charge in [-0.3, -0.25) is 14.5 Å². The molecule has 2 aromatic carbocycles. The third kappa shape index (κ3) is 2.72. The zero-order valence-electron chi connectivity index (χ0n) is 12.5. The first-order chi connectivity index (χ1) is 10.7. The minimum atomic E-state index is -0.450. The van der Waals surface area contributed by atoms with Gasteiger partial charge in [-0.05, 0) is 37.1 Å². The summed E-state index contributed by atoms with van der Waals surface area (Å²) >= 11 is 0. The lowest BCUT2D eigenvalue weighted by atomic mass is 10.1. The van der Waals surface area contributed by atoms with Crippen LogP contribution in [-0.4, -0.2) is 17.9 Å². The quantitative estimate of drug-likeness (QED) is 0.945. The highest BCUT2D eigenvalue weighted by atomic mass is 16.2. The molecule has 3 rings (SSSR count). The van der Waals surface area contributed by atoms with Crippen molar-refractivity contribution in [1.82, 2.24) is 0 Å². The van der Waals surface area contributed by atoms with Gasteiger partial charge in [-0.15, -0.1) is 0 Å². The van der Waals surface area contributed by atoms with E-state index in [0.717, 1.165) is 16.9 Å². The van der Waals surface area contributed by atoms with E-state index >= 15 is 0 Å². The first-order valence-corrected chi connectivity index (χ1v) is 7.40. The Morgan fingerprint density at radius 1 is 1.09 bits per heavy atom. The second-order valence-electron chi connectivity index (χ2n) is 5.46. The van der Waals surface area contributed by atoms with Crippen LogP contribution >= 0.6 is 0 Å². The van der Waals surface area contributed by atoms with Gasteiger partial charge in [0.2, 0.25) is 11.8 Å².